The minimum Gasteiger partial charge on any atom is -0.496 e. The summed E-state index contributed by atoms with van der Waals surface area (Å²) in [4.78, 5) is 43.8. The number of rotatable bonds is 9. The van der Waals surface area contributed by atoms with E-state index in [9.17, 15) is 14.4 Å². The van der Waals surface area contributed by atoms with E-state index in [1.54, 1.807) is 7.11 Å². The monoisotopic (exact) mass is 481 g/mol. The second-order valence-electron chi connectivity index (χ2n) is 10.4. The average molecular weight is 482 g/mol. The summed E-state index contributed by atoms with van der Waals surface area (Å²) in [6, 6.07) is 7.14. The predicted octanol–water partition coefficient (Wildman–Crippen LogP) is 3.70. The van der Waals surface area contributed by atoms with E-state index in [4.69, 9.17) is 4.74 Å². The summed E-state index contributed by atoms with van der Waals surface area (Å²) >= 11 is 0. The van der Waals surface area contributed by atoms with Crippen molar-refractivity contribution in [3.8, 4) is 5.75 Å². The quantitative estimate of drug-likeness (QED) is 0.430. The Morgan fingerprint density at radius 3 is 2.26 bits per heavy atom. The van der Waals surface area contributed by atoms with Crippen LogP contribution in [0.25, 0.3) is 0 Å². The van der Waals surface area contributed by atoms with E-state index in [1.807, 2.05) is 44.2 Å². The van der Waals surface area contributed by atoms with Crippen LogP contribution in [0.1, 0.15) is 64.0 Å². The van der Waals surface area contributed by atoms with Crippen LogP contribution in [-0.2, 0) is 14.4 Å². The van der Waals surface area contributed by atoms with Crippen LogP contribution in [0, 0.1) is 17.8 Å². The summed E-state index contributed by atoms with van der Waals surface area (Å²) in [7, 11) is 1.67. The number of allylic oxidation sites excluding steroid dienone is 2. The van der Waals surface area contributed by atoms with Gasteiger partial charge in [-0.15, -0.1) is 0 Å². The Kier molecular flexibility index (Phi) is 8.26. The van der Waals surface area contributed by atoms with Gasteiger partial charge in [0.15, 0.2) is 0 Å². The molecule has 0 saturated carbocycles. The maximum atomic E-state index is 13.6. The first-order chi connectivity index (χ1) is 16.9. The van der Waals surface area contributed by atoms with Crippen LogP contribution >= 0.6 is 0 Å². The molecule has 0 spiro atoms. The molecule has 35 heavy (non-hydrogen) atoms. The fourth-order valence-corrected chi connectivity index (χ4v) is 5.83. The average Bonchev–Trinajstić information content (AvgIpc) is 3.13. The first-order valence-corrected chi connectivity index (χ1v) is 13.1. The van der Waals surface area contributed by atoms with Gasteiger partial charge in [-0.3, -0.25) is 24.2 Å². The van der Waals surface area contributed by atoms with Crippen LogP contribution < -0.4 is 10.1 Å². The molecule has 7 heteroatoms. The van der Waals surface area contributed by atoms with Gasteiger partial charge in [0, 0.05) is 12.1 Å². The van der Waals surface area contributed by atoms with Crippen molar-refractivity contribution in [2.24, 2.45) is 17.8 Å². The molecule has 0 aromatic heterocycles. The third-order valence-corrected chi connectivity index (χ3v) is 7.65. The van der Waals surface area contributed by atoms with Crippen LogP contribution in [-0.4, -0.2) is 60.3 Å². The molecular weight excluding hydrogens is 442 g/mol. The molecule has 2 aliphatic heterocycles. The van der Waals surface area contributed by atoms with E-state index in [-0.39, 0.29) is 41.5 Å². The number of benzene rings is 1. The molecule has 190 valence electrons. The standard InChI is InChI=1S/C28H39N3O4/c1-19(2)17-23(31-27(33)20-11-5-6-12-21(20)28(31)34)26(32)29-18-24(30-15-9-4-10-16-30)22-13-7-8-14-25(22)35-3/h5-8,13-14,19-21,23-24H,4,9-12,15-18H2,1-3H3,(H,29,32)/t20-,21+,23-,24+/m1/s1. The SMILES string of the molecule is COc1ccccc1[C@H](CNC(=O)[C@@H](CC(C)C)N1C(=O)[C@H]2CC=CC[C@H]2C1=O)N1CCCCC1. The summed E-state index contributed by atoms with van der Waals surface area (Å²) < 4.78 is 5.64. The number of hydrogen-bond acceptors (Lipinski definition) is 5. The van der Waals surface area contributed by atoms with Gasteiger partial charge >= 0.3 is 0 Å². The Bertz CT molecular complexity index is 927. The first kappa shape index (κ1) is 25.4. The van der Waals surface area contributed by atoms with Gasteiger partial charge in [0.2, 0.25) is 17.7 Å². The molecule has 1 aromatic rings. The Hall–Kier alpha value is -2.67. The van der Waals surface area contributed by atoms with Crippen molar-refractivity contribution in [2.45, 2.75) is 64.5 Å². The molecule has 0 unspecified atom stereocenters. The molecule has 4 atom stereocenters. The van der Waals surface area contributed by atoms with Gasteiger partial charge in [-0.1, -0.05) is 50.6 Å². The largest absolute Gasteiger partial charge is 0.496 e. The number of likely N-dealkylation sites (tertiary alicyclic amines) is 2. The van der Waals surface area contributed by atoms with Gasteiger partial charge in [-0.2, -0.15) is 0 Å². The highest BCUT2D eigenvalue weighted by molar-refractivity contribution is 6.08. The van der Waals surface area contributed by atoms with Crippen molar-refractivity contribution >= 4 is 17.7 Å². The predicted molar refractivity (Wildman–Crippen MR) is 135 cm³/mol. The molecular formula is C28H39N3O4. The Labute approximate surface area is 208 Å². The number of carbonyl (C=O) groups is 3. The highest BCUT2D eigenvalue weighted by Gasteiger charge is 2.51. The van der Waals surface area contributed by atoms with Gasteiger partial charge in [0.25, 0.3) is 0 Å². The maximum absolute atomic E-state index is 13.6. The molecule has 0 radical (unpaired) electrons. The van der Waals surface area contributed by atoms with Gasteiger partial charge in [-0.25, -0.2) is 0 Å². The van der Waals surface area contributed by atoms with Crippen LogP contribution in [0.5, 0.6) is 5.75 Å². The maximum Gasteiger partial charge on any atom is 0.243 e. The Morgan fingerprint density at radius 2 is 1.66 bits per heavy atom. The number of piperidine rings is 1. The van der Waals surface area contributed by atoms with Gasteiger partial charge in [-0.05, 0) is 57.2 Å². The van der Waals surface area contributed by atoms with Crippen LogP contribution in [0.2, 0.25) is 0 Å². The number of hydrogen-bond donors (Lipinski definition) is 1. The number of methoxy groups -OCH3 is 1. The molecule has 2 saturated heterocycles. The number of amides is 3. The fourth-order valence-electron chi connectivity index (χ4n) is 5.83. The van der Waals surface area contributed by atoms with Crippen molar-refractivity contribution in [1.82, 2.24) is 15.1 Å². The molecule has 0 bridgehead atoms. The van der Waals surface area contributed by atoms with Crippen molar-refractivity contribution < 1.29 is 19.1 Å². The van der Waals surface area contributed by atoms with Crippen LogP contribution in [0.4, 0.5) is 0 Å². The normalized spacial score (nSPS) is 24.4. The van der Waals surface area contributed by atoms with Gasteiger partial charge < -0.3 is 10.1 Å². The molecule has 3 amide bonds. The number of imide groups is 1. The van der Waals surface area contributed by atoms with Crippen LogP contribution in [0.15, 0.2) is 36.4 Å². The minimum atomic E-state index is -0.778. The van der Waals surface area contributed by atoms with E-state index in [0.29, 0.717) is 25.8 Å². The van der Waals surface area contributed by atoms with Crippen molar-refractivity contribution in [1.29, 1.82) is 0 Å². The third kappa shape index (κ3) is 5.45. The summed E-state index contributed by atoms with van der Waals surface area (Å²) in [6.07, 6.45) is 9.03. The number of para-hydroxylation sites is 1. The third-order valence-electron chi connectivity index (χ3n) is 7.65. The lowest BCUT2D eigenvalue weighted by Gasteiger charge is -2.36. The van der Waals surface area contributed by atoms with E-state index in [2.05, 4.69) is 16.3 Å². The Morgan fingerprint density at radius 1 is 1.03 bits per heavy atom. The van der Waals surface area contributed by atoms with Gasteiger partial charge in [0.05, 0.1) is 25.0 Å². The number of nitrogens with one attached hydrogen (secondary N) is 1. The summed E-state index contributed by atoms with van der Waals surface area (Å²) in [5, 5.41) is 3.14. The molecule has 1 aliphatic carbocycles. The van der Waals surface area contributed by atoms with Crippen LogP contribution in [0.3, 0.4) is 0 Å². The summed E-state index contributed by atoms with van der Waals surface area (Å²) in [6.45, 7) is 6.37. The summed E-state index contributed by atoms with van der Waals surface area (Å²) in [5.41, 5.74) is 1.04. The molecule has 3 aliphatic rings. The number of carbonyl (C=O) groups excluding carboxylic acids is 3. The molecule has 1 aromatic carbocycles. The van der Waals surface area contributed by atoms with Gasteiger partial charge in [0.1, 0.15) is 11.8 Å². The smallest absolute Gasteiger partial charge is 0.243 e. The second-order valence-corrected chi connectivity index (χ2v) is 10.4. The lowest BCUT2D eigenvalue weighted by molar-refractivity contribution is -0.148. The molecule has 1 N–H and O–H groups in total. The number of ether oxygens (including phenoxy) is 1. The molecule has 7 nitrogen and oxygen atoms in total. The van der Waals surface area contributed by atoms with Crippen molar-refractivity contribution in [3.05, 3.63) is 42.0 Å². The zero-order valence-electron chi connectivity index (χ0n) is 21.2. The highest BCUT2D eigenvalue weighted by Crippen LogP contribution is 2.37. The fraction of sp³-hybridized carbons (Fsp3) is 0.607. The van der Waals surface area contributed by atoms with Crippen molar-refractivity contribution in [3.63, 3.8) is 0 Å². The van der Waals surface area contributed by atoms with E-state index in [1.165, 1.54) is 11.3 Å². The number of nitrogens with zero attached hydrogens (tertiary/aromatic N) is 2. The highest BCUT2D eigenvalue weighted by atomic mass is 16.5. The zero-order valence-corrected chi connectivity index (χ0v) is 21.2. The molecule has 2 heterocycles. The van der Waals surface area contributed by atoms with E-state index in [0.717, 1.165) is 37.2 Å². The topological polar surface area (TPSA) is 79.0 Å². The second kappa shape index (κ2) is 11.4. The molecule has 2 fully saturated rings. The molecule has 4 rings (SSSR count). The Balaban J connectivity index is 1.54. The van der Waals surface area contributed by atoms with E-state index >= 15 is 0 Å². The zero-order chi connectivity index (χ0) is 24.9. The number of fused-ring (bicyclic) bond motifs is 1. The summed E-state index contributed by atoms with van der Waals surface area (Å²) in [5.74, 6) is -0.320. The first-order valence-electron chi connectivity index (χ1n) is 13.1. The van der Waals surface area contributed by atoms with Crippen molar-refractivity contribution in [2.75, 3.05) is 26.7 Å². The lowest BCUT2D eigenvalue weighted by atomic mass is 9.85. The lowest BCUT2D eigenvalue weighted by Crippen LogP contribution is -2.52. The minimum absolute atomic E-state index is 0.0353. The van der Waals surface area contributed by atoms with E-state index < -0.39 is 6.04 Å².